The first-order chi connectivity index (χ1) is 14.6. The second kappa shape index (κ2) is 9.04. The van der Waals surface area contributed by atoms with Crippen LogP contribution in [0.5, 0.6) is 5.75 Å². The van der Waals surface area contributed by atoms with E-state index in [9.17, 15) is 9.18 Å². The molecule has 4 rings (SSSR count). The van der Waals surface area contributed by atoms with Crippen molar-refractivity contribution in [2.24, 2.45) is 0 Å². The Balaban J connectivity index is 1.49. The third-order valence-electron chi connectivity index (χ3n) is 6.10. The van der Waals surface area contributed by atoms with Crippen molar-refractivity contribution < 1.29 is 13.9 Å². The fourth-order valence-corrected chi connectivity index (χ4v) is 4.27. The second-order valence-electron chi connectivity index (χ2n) is 8.08. The molecular formula is C24H30FN3O2. The third-order valence-corrected chi connectivity index (χ3v) is 6.10. The van der Waals surface area contributed by atoms with Crippen molar-refractivity contribution in [3.63, 3.8) is 0 Å². The van der Waals surface area contributed by atoms with Crippen LogP contribution in [0.25, 0.3) is 0 Å². The SMILES string of the molecule is CCCCOc1ccc2c(c1)CCN(c1ccc(N3CC[C@@H](NC)C3)c(F)c1)C2=O. The standard InChI is InChI=1S/C24H30FN3O2/c1-3-4-13-30-20-6-7-21-17(14-20)9-12-28(24(21)29)19-5-8-23(22(25)15-19)27-11-10-18(16-27)26-2/h5-8,14-15,18,26H,3-4,9-13,16H2,1-2H3/t18-/m1/s1. The van der Waals surface area contributed by atoms with E-state index in [-0.39, 0.29) is 11.7 Å². The van der Waals surface area contributed by atoms with E-state index in [2.05, 4.69) is 17.1 Å². The zero-order valence-electron chi connectivity index (χ0n) is 17.8. The summed E-state index contributed by atoms with van der Waals surface area (Å²) in [5.41, 5.74) is 2.89. The van der Waals surface area contributed by atoms with Gasteiger partial charge in [-0.3, -0.25) is 4.79 Å². The van der Waals surface area contributed by atoms with E-state index < -0.39 is 0 Å². The summed E-state index contributed by atoms with van der Waals surface area (Å²) in [4.78, 5) is 16.8. The maximum atomic E-state index is 14.9. The highest BCUT2D eigenvalue weighted by Crippen LogP contribution is 2.31. The molecule has 5 nitrogen and oxygen atoms in total. The van der Waals surface area contributed by atoms with Crippen LogP contribution in [-0.4, -0.2) is 45.2 Å². The molecule has 1 N–H and O–H groups in total. The Morgan fingerprint density at radius 3 is 2.80 bits per heavy atom. The molecule has 2 heterocycles. The lowest BCUT2D eigenvalue weighted by molar-refractivity contribution is 0.0980. The van der Waals surface area contributed by atoms with Crippen molar-refractivity contribution in [2.75, 3.05) is 43.1 Å². The quantitative estimate of drug-likeness (QED) is 0.700. The third kappa shape index (κ3) is 4.15. The van der Waals surface area contributed by atoms with Crippen molar-refractivity contribution in [2.45, 2.75) is 38.6 Å². The van der Waals surface area contributed by atoms with Gasteiger partial charge in [0.25, 0.3) is 5.91 Å². The van der Waals surface area contributed by atoms with Gasteiger partial charge < -0.3 is 19.9 Å². The lowest BCUT2D eigenvalue weighted by Gasteiger charge is -2.29. The first kappa shape index (κ1) is 20.7. The number of rotatable bonds is 7. The Bertz CT molecular complexity index is 917. The molecule has 0 aromatic heterocycles. The molecular weight excluding hydrogens is 381 g/mol. The molecule has 0 unspecified atom stereocenters. The molecule has 30 heavy (non-hydrogen) atoms. The summed E-state index contributed by atoms with van der Waals surface area (Å²) in [6.45, 7) is 4.98. The number of nitrogens with zero attached hydrogens (tertiary/aromatic N) is 2. The Kier molecular flexibility index (Phi) is 6.23. The molecule has 1 saturated heterocycles. The van der Waals surface area contributed by atoms with Gasteiger partial charge in [0.05, 0.1) is 12.3 Å². The van der Waals surface area contributed by atoms with E-state index in [1.165, 1.54) is 6.07 Å². The highest BCUT2D eigenvalue weighted by Gasteiger charge is 2.28. The number of benzene rings is 2. The smallest absolute Gasteiger partial charge is 0.258 e. The number of fused-ring (bicyclic) bond motifs is 1. The van der Waals surface area contributed by atoms with Crippen molar-refractivity contribution in [1.82, 2.24) is 5.32 Å². The summed E-state index contributed by atoms with van der Waals surface area (Å²) >= 11 is 0. The Morgan fingerprint density at radius 1 is 1.20 bits per heavy atom. The minimum Gasteiger partial charge on any atom is -0.494 e. The summed E-state index contributed by atoms with van der Waals surface area (Å²) in [5.74, 6) is 0.451. The fraction of sp³-hybridized carbons (Fsp3) is 0.458. The van der Waals surface area contributed by atoms with Crippen LogP contribution in [0.1, 0.15) is 42.1 Å². The Morgan fingerprint density at radius 2 is 2.07 bits per heavy atom. The zero-order chi connectivity index (χ0) is 21.1. The number of ether oxygens (including phenoxy) is 1. The van der Waals surface area contributed by atoms with E-state index >= 15 is 0 Å². The van der Waals surface area contributed by atoms with Crippen LogP contribution in [-0.2, 0) is 6.42 Å². The average molecular weight is 412 g/mol. The molecule has 160 valence electrons. The largest absolute Gasteiger partial charge is 0.494 e. The molecule has 1 atom stereocenters. The van der Waals surface area contributed by atoms with Crippen LogP contribution in [0.2, 0.25) is 0 Å². The molecule has 0 spiro atoms. The Hall–Kier alpha value is -2.60. The van der Waals surface area contributed by atoms with Gasteiger partial charge in [0.1, 0.15) is 11.6 Å². The summed E-state index contributed by atoms with van der Waals surface area (Å²) in [5, 5.41) is 3.25. The van der Waals surface area contributed by atoms with E-state index in [1.54, 1.807) is 11.0 Å². The molecule has 2 aliphatic heterocycles. The molecule has 0 bridgehead atoms. The zero-order valence-corrected chi connectivity index (χ0v) is 17.8. The van der Waals surface area contributed by atoms with Crippen LogP contribution in [0.3, 0.4) is 0 Å². The van der Waals surface area contributed by atoms with E-state index in [1.807, 2.05) is 31.3 Å². The average Bonchev–Trinajstić information content (AvgIpc) is 3.23. The van der Waals surface area contributed by atoms with Crippen LogP contribution in [0.4, 0.5) is 15.8 Å². The van der Waals surface area contributed by atoms with Crippen LogP contribution >= 0.6 is 0 Å². The minimum atomic E-state index is -0.275. The molecule has 2 aliphatic rings. The normalized spacial score (nSPS) is 18.6. The molecule has 2 aromatic carbocycles. The van der Waals surface area contributed by atoms with E-state index in [4.69, 9.17) is 4.74 Å². The number of hydrogen-bond donors (Lipinski definition) is 1. The number of carbonyl (C=O) groups is 1. The number of carbonyl (C=O) groups excluding carboxylic acids is 1. The predicted octanol–water partition coefficient (Wildman–Crippen LogP) is 4.01. The van der Waals surface area contributed by atoms with E-state index in [0.717, 1.165) is 50.1 Å². The highest BCUT2D eigenvalue weighted by atomic mass is 19.1. The van der Waals surface area contributed by atoms with Gasteiger partial charge in [0, 0.05) is 36.9 Å². The highest BCUT2D eigenvalue weighted by molar-refractivity contribution is 6.08. The molecule has 2 aromatic rings. The first-order valence-electron chi connectivity index (χ1n) is 10.9. The van der Waals surface area contributed by atoms with Crippen molar-refractivity contribution in [3.05, 3.63) is 53.3 Å². The van der Waals surface area contributed by atoms with Gasteiger partial charge >= 0.3 is 0 Å². The van der Waals surface area contributed by atoms with Crippen molar-refractivity contribution in [3.8, 4) is 5.75 Å². The Labute approximate surface area is 177 Å². The van der Waals surface area contributed by atoms with Gasteiger partial charge in [-0.15, -0.1) is 0 Å². The lowest BCUT2D eigenvalue weighted by Crippen LogP contribution is -2.37. The monoisotopic (exact) mass is 411 g/mol. The van der Waals surface area contributed by atoms with Crippen molar-refractivity contribution >= 4 is 17.3 Å². The van der Waals surface area contributed by atoms with Crippen LogP contribution in [0, 0.1) is 5.82 Å². The van der Waals surface area contributed by atoms with Gasteiger partial charge in [-0.1, -0.05) is 13.3 Å². The van der Waals surface area contributed by atoms with Gasteiger partial charge in [-0.25, -0.2) is 4.39 Å². The summed E-state index contributed by atoms with van der Waals surface area (Å²) < 4.78 is 20.7. The molecule has 1 amide bonds. The maximum Gasteiger partial charge on any atom is 0.258 e. The van der Waals surface area contributed by atoms with Gasteiger partial charge in [-0.2, -0.15) is 0 Å². The number of unbranched alkanes of at least 4 members (excludes halogenated alkanes) is 1. The summed E-state index contributed by atoms with van der Waals surface area (Å²) in [7, 11) is 1.94. The number of hydrogen-bond acceptors (Lipinski definition) is 4. The number of likely N-dealkylation sites (N-methyl/N-ethyl adjacent to an activating group) is 1. The summed E-state index contributed by atoms with van der Waals surface area (Å²) in [6.07, 6.45) is 3.83. The number of halogens is 1. The fourth-order valence-electron chi connectivity index (χ4n) is 4.27. The molecule has 6 heteroatoms. The van der Waals surface area contributed by atoms with Gasteiger partial charge in [-0.05, 0) is 68.3 Å². The minimum absolute atomic E-state index is 0.0834. The first-order valence-corrected chi connectivity index (χ1v) is 10.9. The number of nitrogens with one attached hydrogen (secondary N) is 1. The second-order valence-corrected chi connectivity index (χ2v) is 8.08. The van der Waals surface area contributed by atoms with Crippen molar-refractivity contribution in [1.29, 1.82) is 0 Å². The molecule has 0 aliphatic carbocycles. The maximum absolute atomic E-state index is 14.9. The lowest BCUT2D eigenvalue weighted by atomic mass is 9.98. The van der Waals surface area contributed by atoms with E-state index in [0.29, 0.717) is 36.1 Å². The van der Waals surface area contributed by atoms with Crippen LogP contribution in [0.15, 0.2) is 36.4 Å². The topological polar surface area (TPSA) is 44.8 Å². The molecule has 0 radical (unpaired) electrons. The predicted molar refractivity (Wildman–Crippen MR) is 118 cm³/mol. The number of amides is 1. The molecule has 1 fully saturated rings. The number of anilines is 2. The summed E-state index contributed by atoms with van der Waals surface area (Å²) in [6, 6.07) is 11.2. The van der Waals surface area contributed by atoms with Gasteiger partial charge in [0.15, 0.2) is 0 Å². The van der Waals surface area contributed by atoms with Gasteiger partial charge in [0.2, 0.25) is 0 Å². The van der Waals surface area contributed by atoms with Crippen LogP contribution < -0.4 is 19.9 Å². The molecule has 0 saturated carbocycles.